The number of nitrogens with zero attached hydrogens (tertiary/aromatic N) is 3. The van der Waals surface area contributed by atoms with Gasteiger partial charge in [-0.05, 0) is 26.7 Å². The second-order valence-corrected chi connectivity index (χ2v) is 5.67. The van der Waals surface area contributed by atoms with Crippen LogP contribution >= 0.6 is 11.8 Å². The van der Waals surface area contributed by atoms with Gasteiger partial charge < -0.3 is 9.88 Å². The second-order valence-electron chi connectivity index (χ2n) is 4.36. The molecule has 7 nitrogen and oxygen atoms in total. The molecule has 1 fully saturated rings. The lowest BCUT2D eigenvalue weighted by atomic mass is 10.4. The molecule has 8 heteroatoms. The molecule has 2 N–H and O–H groups in total. The zero-order valence-corrected chi connectivity index (χ0v) is 11.7. The van der Waals surface area contributed by atoms with Gasteiger partial charge in [-0.15, -0.1) is 10.2 Å². The van der Waals surface area contributed by atoms with E-state index in [0.717, 1.165) is 18.0 Å². The maximum atomic E-state index is 11.8. The van der Waals surface area contributed by atoms with Crippen LogP contribution in [0.15, 0.2) is 11.5 Å². The van der Waals surface area contributed by atoms with E-state index >= 15 is 0 Å². The third-order valence-corrected chi connectivity index (χ3v) is 3.78. The lowest BCUT2D eigenvalue weighted by Crippen LogP contribution is -2.42. The molecular formula is C11H17N5O2S. The van der Waals surface area contributed by atoms with Gasteiger partial charge in [0, 0.05) is 12.6 Å². The van der Waals surface area contributed by atoms with Crippen molar-refractivity contribution in [3.05, 3.63) is 6.33 Å². The van der Waals surface area contributed by atoms with Crippen LogP contribution in [0.3, 0.4) is 0 Å². The van der Waals surface area contributed by atoms with E-state index in [0.29, 0.717) is 12.6 Å². The highest BCUT2D eigenvalue weighted by Crippen LogP contribution is 2.37. The van der Waals surface area contributed by atoms with Gasteiger partial charge in [-0.2, -0.15) is 0 Å². The minimum Gasteiger partial charge on any atom is -0.338 e. The standard InChI is InChI=1S/C11H17N5O2S/c1-3-12-10(18)14-9(17)7(2)19-11-15-13-6-16(11)8-4-5-8/h6-8H,3-5H2,1-2H3,(H2,12,14,17,18). The van der Waals surface area contributed by atoms with Crippen molar-refractivity contribution in [2.75, 3.05) is 6.54 Å². The highest BCUT2D eigenvalue weighted by Gasteiger charge is 2.28. The van der Waals surface area contributed by atoms with Crippen LogP contribution < -0.4 is 10.6 Å². The number of amides is 3. The first-order valence-electron chi connectivity index (χ1n) is 6.26. The van der Waals surface area contributed by atoms with Gasteiger partial charge in [0.15, 0.2) is 5.16 Å². The molecule has 1 aliphatic carbocycles. The SMILES string of the molecule is CCNC(=O)NC(=O)C(C)Sc1nncn1C1CC1. The summed E-state index contributed by atoms with van der Waals surface area (Å²) in [6, 6.07) is -0.000221. The smallest absolute Gasteiger partial charge is 0.321 e. The Balaban J connectivity index is 1.89. The Kier molecular flexibility index (Phi) is 4.41. The quantitative estimate of drug-likeness (QED) is 0.785. The number of thioether (sulfide) groups is 1. The summed E-state index contributed by atoms with van der Waals surface area (Å²) in [6.45, 7) is 4.02. The van der Waals surface area contributed by atoms with E-state index in [1.165, 1.54) is 11.8 Å². The Morgan fingerprint density at radius 1 is 1.58 bits per heavy atom. The van der Waals surface area contributed by atoms with Crippen LogP contribution in [0.2, 0.25) is 0 Å². The molecule has 0 spiro atoms. The van der Waals surface area contributed by atoms with Crippen molar-refractivity contribution < 1.29 is 9.59 Å². The van der Waals surface area contributed by atoms with Crippen molar-refractivity contribution in [1.82, 2.24) is 25.4 Å². The van der Waals surface area contributed by atoms with Gasteiger partial charge in [-0.1, -0.05) is 11.8 Å². The van der Waals surface area contributed by atoms with Crippen LogP contribution in [0.1, 0.15) is 32.7 Å². The summed E-state index contributed by atoms with van der Waals surface area (Å²) < 4.78 is 1.99. The van der Waals surface area contributed by atoms with Crippen LogP contribution in [0.4, 0.5) is 4.79 Å². The van der Waals surface area contributed by atoms with Crippen LogP contribution in [0.25, 0.3) is 0 Å². The molecule has 0 radical (unpaired) electrons. The van der Waals surface area contributed by atoms with Crippen LogP contribution in [0.5, 0.6) is 0 Å². The number of imide groups is 1. The van der Waals surface area contributed by atoms with Crippen molar-refractivity contribution in [2.24, 2.45) is 0 Å². The molecule has 1 unspecified atom stereocenters. The predicted molar refractivity (Wildman–Crippen MR) is 70.8 cm³/mol. The summed E-state index contributed by atoms with van der Waals surface area (Å²) in [5, 5.41) is 13.0. The van der Waals surface area contributed by atoms with Crippen molar-refractivity contribution in [3.63, 3.8) is 0 Å². The van der Waals surface area contributed by atoms with Gasteiger partial charge >= 0.3 is 6.03 Å². The fourth-order valence-corrected chi connectivity index (χ4v) is 2.44. The maximum absolute atomic E-state index is 11.8. The lowest BCUT2D eigenvalue weighted by Gasteiger charge is -2.11. The third-order valence-electron chi connectivity index (χ3n) is 2.71. The number of carbonyl (C=O) groups is 2. The minimum atomic E-state index is -0.469. The molecule has 1 atom stereocenters. The molecule has 19 heavy (non-hydrogen) atoms. The Morgan fingerprint density at radius 3 is 2.95 bits per heavy atom. The Labute approximate surface area is 115 Å². The number of nitrogens with one attached hydrogen (secondary N) is 2. The zero-order chi connectivity index (χ0) is 13.8. The largest absolute Gasteiger partial charge is 0.338 e. The van der Waals surface area contributed by atoms with Gasteiger partial charge in [0.05, 0.1) is 5.25 Å². The van der Waals surface area contributed by atoms with Gasteiger partial charge in [0.25, 0.3) is 0 Å². The highest BCUT2D eigenvalue weighted by atomic mass is 32.2. The fraction of sp³-hybridized carbons (Fsp3) is 0.636. The van der Waals surface area contributed by atoms with Gasteiger partial charge in [-0.3, -0.25) is 10.1 Å². The zero-order valence-electron chi connectivity index (χ0n) is 10.9. The van der Waals surface area contributed by atoms with Crippen molar-refractivity contribution in [3.8, 4) is 0 Å². The van der Waals surface area contributed by atoms with E-state index < -0.39 is 11.3 Å². The average Bonchev–Trinajstić information content (AvgIpc) is 3.10. The first-order chi connectivity index (χ1) is 9.11. The van der Waals surface area contributed by atoms with E-state index in [2.05, 4.69) is 20.8 Å². The third kappa shape index (κ3) is 3.69. The van der Waals surface area contributed by atoms with Crippen molar-refractivity contribution in [2.45, 2.75) is 43.1 Å². The predicted octanol–water partition coefficient (Wildman–Crippen LogP) is 0.939. The summed E-state index contributed by atoms with van der Waals surface area (Å²) in [4.78, 5) is 23.1. The molecule has 0 saturated heterocycles. The number of carbonyl (C=O) groups excluding carboxylic acids is 2. The van der Waals surface area contributed by atoms with Crippen molar-refractivity contribution in [1.29, 1.82) is 0 Å². The molecule has 104 valence electrons. The highest BCUT2D eigenvalue weighted by molar-refractivity contribution is 8.00. The number of hydrogen-bond donors (Lipinski definition) is 2. The van der Waals surface area contributed by atoms with Crippen LogP contribution in [-0.2, 0) is 4.79 Å². The number of rotatable bonds is 5. The average molecular weight is 283 g/mol. The molecule has 1 saturated carbocycles. The van der Waals surface area contributed by atoms with Gasteiger partial charge in [-0.25, -0.2) is 4.79 Å². The molecule has 0 bridgehead atoms. The van der Waals surface area contributed by atoms with Crippen LogP contribution in [-0.4, -0.2) is 38.5 Å². The number of urea groups is 1. The molecule has 0 aliphatic heterocycles. The van der Waals surface area contributed by atoms with E-state index in [1.54, 1.807) is 20.2 Å². The molecule has 2 rings (SSSR count). The van der Waals surface area contributed by atoms with E-state index in [4.69, 9.17) is 0 Å². The Hall–Kier alpha value is -1.57. The summed E-state index contributed by atoms with van der Waals surface area (Å²) >= 11 is 1.31. The monoisotopic (exact) mass is 283 g/mol. The molecule has 1 aromatic rings. The molecular weight excluding hydrogens is 266 g/mol. The summed E-state index contributed by atoms with van der Waals surface area (Å²) in [6.07, 6.45) is 3.95. The van der Waals surface area contributed by atoms with Gasteiger partial charge in [0.1, 0.15) is 6.33 Å². The summed E-state index contributed by atoms with van der Waals surface area (Å²) in [7, 11) is 0. The summed E-state index contributed by atoms with van der Waals surface area (Å²) in [5.41, 5.74) is 0. The van der Waals surface area contributed by atoms with E-state index in [1.807, 2.05) is 4.57 Å². The Morgan fingerprint density at radius 2 is 2.32 bits per heavy atom. The molecule has 1 aliphatic rings. The number of hydrogen-bond acceptors (Lipinski definition) is 5. The molecule has 3 amide bonds. The molecule has 0 aromatic carbocycles. The van der Waals surface area contributed by atoms with E-state index in [9.17, 15) is 9.59 Å². The lowest BCUT2D eigenvalue weighted by molar-refractivity contribution is -0.119. The fourth-order valence-electron chi connectivity index (χ4n) is 1.55. The summed E-state index contributed by atoms with van der Waals surface area (Å²) in [5.74, 6) is -0.332. The topological polar surface area (TPSA) is 88.9 Å². The number of aromatic nitrogens is 3. The van der Waals surface area contributed by atoms with Crippen LogP contribution in [0, 0.1) is 0 Å². The molecule has 1 heterocycles. The Bertz CT molecular complexity index is 471. The second kappa shape index (κ2) is 6.05. The maximum Gasteiger partial charge on any atom is 0.321 e. The van der Waals surface area contributed by atoms with E-state index in [-0.39, 0.29) is 5.91 Å². The minimum absolute atomic E-state index is 0.332. The normalized spacial score (nSPS) is 15.9. The first-order valence-corrected chi connectivity index (χ1v) is 7.14. The first kappa shape index (κ1) is 13.9. The molecule has 1 aromatic heterocycles. The van der Waals surface area contributed by atoms with Crippen molar-refractivity contribution >= 4 is 23.7 Å². The van der Waals surface area contributed by atoms with Gasteiger partial charge in [0.2, 0.25) is 5.91 Å².